The Morgan fingerprint density at radius 1 is 1.07 bits per heavy atom. The van der Waals surface area contributed by atoms with E-state index in [4.69, 9.17) is 4.74 Å². The highest BCUT2D eigenvalue weighted by Gasteiger charge is 2.21. The predicted molar refractivity (Wildman–Crippen MR) is 105 cm³/mol. The summed E-state index contributed by atoms with van der Waals surface area (Å²) in [6.07, 6.45) is 4.99. The quantitative estimate of drug-likeness (QED) is 0.826. The smallest absolute Gasteiger partial charge is 0.163 e. The van der Waals surface area contributed by atoms with Gasteiger partial charge in [-0.05, 0) is 49.3 Å². The van der Waals surface area contributed by atoms with Crippen LogP contribution in [0.4, 0.5) is 0 Å². The van der Waals surface area contributed by atoms with Gasteiger partial charge in [-0.25, -0.2) is 0 Å². The minimum absolute atomic E-state index is 0.196. The van der Waals surface area contributed by atoms with E-state index in [1.165, 1.54) is 11.1 Å². The Hall–Kier alpha value is -2.17. The molecule has 4 rings (SSSR count). The first-order valence-electron chi connectivity index (χ1n) is 9.97. The average Bonchev–Trinajstić information content (AvgIpc) is 2.71. The summed E-state index contributed by atoms with van der Waals surface area (Å²) in [5.41, 5.74) is 4.64. The topological polar surface area (TPSA) is 58.6 Å². The Kier molecular flexibility index (Phi) is 5.55. The molecule has 0 aliphatic heterocycles. The zero-order valence-electron chi connectivity index (χ0n) is 15.6. The van der Waals surface area contributed by atoms with Crippen LogP contribution < -0.4 is 10.1 Å². The summed E-state index contributed by atoms with van der Waals surface area (Å²) in [7, 11) is 0. The van der Waals surface area contributed by atoms with E-state index in [1.54, 1.807) is 0 Å². The van der Waals surface area contributed by atoms with Crippen LogP contribution in [0.3, 0.4) is 0 Å². The molecule has 2 aromatic rings. The number of aliphatic hydroxyl groups excluding tert-OH is 1. The Morgan fingerprint density at radius 3 is 2.81 bits per heavy atom. The summed E-state index contributed by atoms with van der Waals surface area (Å²) in [5.74, 6) is 0.938. The van der Waals surface area contributed by atoms with Gasteiger partial charge in [0.25, 0.3) is 0 Å². The van der Waals surface area contributed by atoms with Crippen LogP contribution in [-0.4, -0.2) is 36.2 Å². The van der Waals surface area contributed by atoms with Crippen molar-refractivity contribution in [1.82, 2.24) is 5.32 Å². The second-order valence-electron chi connectivity index (χ2n) is 7.64. The Bertz CT molecular complexity index is 817. The van der Waals surface area contributed by atoms with Crippen LogP contribution in [0.5, 0.6) is 5.75 Å². The van der Waals surface area contributed by atoms with Crippen molar-refractivity contribution in [2.45, 2.75) is 50.7 Å². The highest BCUT2D eigenvalue weighted by molar-refractivity contribution is 5.99. The van der Waals surface area contributed by atoms with Crippen molar-refractivity contribution in [2.24, 2.45) is 0 Å². The third kappa shape index (κ3) is 4.23. The normalized spacial score (nSPS) is 19.9. The highest BCUT2D eigenvalue weighted by atomic mass is 16.5. The number of aryl methyl sites for hydroxylation is 1. The van der Waals surface area contributed by atoms with E-state index in [2.05, 4.69) is 29.6 Å². The van der Waals surface area contributed by atoms with Crippen molar-refractivity contribution in [3.05, 3.63) is 64.7 Å². The van der Waals surface area contributed by atoms with Gasteiger partial charge in [-0.15, -0.1) is 0 Å². The number of fused-ring (bicyclic) bond motifs is 2. The molecule has 4 heteroatoms. The monoisotopic (exact) mass is 365 g/mol. The SMILES string of the molecule is O=C1CCCc2c(OCC(O)CNC3CCc4ccccc4C3)cccc21. The summed E-state index contributed by atoms with van der Waals surface area (Å²) in [6, 6.07) is 14.6. The summed E-state index contributed by atoms with van der Waals surface area (Å²) in [4.78, 5) is 12.0. The lowest BCUT2D eigenvalue weighted by Gasteiger charge is -2.26. The lowest BCUT2D eigenvalue weighted by Crippen LogP contribution is -2.40. The molecule has 0 spiro atoms. The van der Waals surface area contributed by atoms with Gasteiger partial charge in [0.15, 0.2) is 5.78 Å². The fraction of sp³-hybridized carbons (Fsp3) is 0.435. The van der Waals surface area contributed by atoms with Gasteiger partial charge >= 0.3 is 0 Å². The molecule has 0 aromatic heterocycles. The van der Waals surface area contributed by atoms with Gasteiger partial charge < -0.3 is 15.2 Å². The molecule has 0 saturated heterocycles. The fourth-order valence-electron chi connectivity index (χ4n) is 4.20. The maximum Gasteiger partial charge on any atom is 0.163 e. The van der Waals surface area contributed by atoms with Gasteiger partial charge in [-0.3, -0.25) is 4.79 Å². The van der Waals surface area contributed by atoms with Gasteiger partial charge in [-0.2, -0.15) is 0 Å². The van der Waals surface area contributed by atoms with Gasteiger partial charge in [0.2, 0.25) is 0 Å². The summed E-state index contributed by atoms with van der Waals surface area (Å²) >= 11 is 0. The van der Waals surface area contributed by atoms with Crippen molar-refractivity contribution in [1.29, 1.82) is 0 Å². The molecule has 142 valence electrons. The maximum atomic E-state index is 12.0. The van der Waals surface area contributed by atoms with Crippen LogP contribution in [-0.2, 0) is 19.3 Å². The van der Waals surface area contributed by atoms with Gasteiger partial charge in [0.05, 0.1) is 0 Å². The molecule has 27 heavy (non-hydrogen) atoms. The highest BCUT2D eigenvalue weighted by Crippen LogP contribution is 2.29. The van der Waals surface area contributed by atoms with Gasteiger partial charge in [0.1, 0.15) is 18.5 Å². The molecule has 0 fully saturated rings. The van der Waals surface area contributed by atoms with Gasteiger partial charge in [-0.1, -0.05) is 36.4 Å². The van der Waals surface area contributed by atoms with Crippen LogP contribution in [0.25, 0.3) is 0 Å². The molecule has 2 atom stereocenters. The summed E-state index contributed by atoms with van der Waals surface area (Å²) < 4.78 is 5.87. The van der Waals surface area contributed by atoms with E-state index >= 15 is 0 Å². The number of benzene rings is 2. The number of hydrogen-bond donors (Lipinski definition) is 2. The van der Waals surface area contributed by atoms with Crippen molar-refractivity contribution < 1.29 is 14.6 Å². The van der Waals surface area contributed by atoms with Gasteiger partial charge in [0, 0.05) is 30.1 Å². The van der Waals surface area contributed by atoms with Crippen LogP contribution in [0.1, 0.15) is 46.3 Å². The molecule has 2 aliphatic carbocycles. The number of rotatable bonds is 6. The first-order valence-corrected chi connectivity index (χ1v) is 9.97. The van der Waals surface area contributed by atoms with Crippen molar-refractivity contribution in [3.8, 4) is 5.75 Å². The third-order valence-corrected chi connectivity index (χ3v) is 5.68. The molecule has 0 radical (unpaired) electrons. The number of aliphatic hydroxyl groups is 1. The average molecular weight is 365 g/mol. The lowest BCUT2D eigenvalue weighted by molar-refractivity contribution is 0.0962. The largest absolute Gasteiger partial charge is 0.491 e. The lowest BCUT2D eigenvalue weighted by atomic mass is 9.88. The predicted octanol–water partition coefficient (Wildman–Crippen LogP) is 3.09. The molecule has 0 amide bonds. The molecule has 0 heterocycles. The molecular formula is C23H27NO3. The second-order valence-corrected chi connectivity index (χ2v) is 7.64. The van der Waals surface area contributed by atoms with Crippen molar-refractivity contribution in [3.63, 3.8) is 0 Å². The maximum absolute atomic E-state index is 12.0. The first-order chi connectivity index (χ1) is 13.2. The Labute approximate surface area is 160 Å². The molecule has 4 nitrogen and oxygen atoms in total. The van der Waals surface area contributed by atoms with E-state index in [0.29, 0.717) is 19.0 Å². The summed E-state index contributed by atoms with van der Waals surface area (Å²) in [6.45, 7) is 0.752. The zero-order chi connectivity index (χ0) is 18.6. The summed E-state index contributed by atoms with van der Waals surface area (Å²) in [5, 5.41) is 13.8. The third-order valence-electron chi connectivity index (χ3n) is 5.68. The van der Waals surface area contributed by atoms with Crippen molar-refractivity contribution >= 4 is 5.78 Å². The second kappa shape index (κ2) is 8.24. The van der Waals surface area contributed by atoms with E-state index in [1.807, 2.05) is 18.2 Å². The Balaban J connectivity index is 1.28. The number of nitrogens with one attached hydrogen (secondary N) is 1. The van der Waals surface area contributed by atoms with E-state index in [0.717, 1.165) is 49.0 Å². The Morgan fingerprint density at radius 2 is 1.93 bits per heavy atom. The fourth-order valence-corrected chi connectivity index (χ4v) is 4.20. The number of hydrogen-bond acceptors (Lipinski definition) is 4. The molecule has 0 bridgehead atoms. The molecular weight excluding hydrogens is 338 g/mol. The van der Waals surface area contributed by atoms with Crippen LogP contribution in [0.15, 0.2) is 42.5 Å². The molecule has 2 unspecified atom stereocenters. The van der Waals surface area contributed by atoms with E-state index in [9.17, 15) is 9.90 Å². The number of carbonyl (C=O) groups is 1. The van der Waals surface area contributed by atoms with E-state index in [-0.39, 0.29) is 12.4 Å². The van der Waals surface area contributed by atoms with Crippen LogP contribution in [0, 0.1) is 0 Å². The molecule has 2 aromatic carbocycles. The first kappa shape index (κ1) is 18.2. The standard InChI is InChI=1S/C23H27NO3/c25-19(14-24-18-12-11-16-5-1-2-6-17(16)13-18)15-27-23-10-4-7-20-21(23)8-3-9-22(20)26/h1-2,4-7,10,18-19,24-25H,3,8-9,11-15H2. The number of ether oxygens (including phenoxy) is 1. The van der Waals surface area contributed by atoms with Crippen LogP contribution in [0.2, 0.25) is 0 Å². The number of Topliss-reactive ketones (excluding diaryl/α,β-unsaturated/α-hetero) is 1. The number of carbonyl (C=O) groups excluding carboxylic acids is 1. The van der Waals surface area contributed by atoms with Crippen LogP contribution >= 0.6 is 0 Å². The minimum Gasteiger partial charge on any atom is -0.491 e. The zero-order valence-corrected chi connectivity index (χ0v) is 15.6. The minimum atomic E-state index is -0.572. The molecule has 2 aliphatic rings. The number of ketones is 1. The van der Waals surface area contributed by atoms with Crippen molar-refractivity contribution in [2.75, 3.05) is 13.2 Å². The molecule has 2 N–H and O–H groups in total. The molecule has 0 saturated carbocycles. The van der Waals surface area contributed by atoms with E-state index < -0.39 is 6.10 Å².